The van der Waals surface area contributed by atoms with E-state index in [-0.39, 0.29) is 18.3 Å². The van der Waals surface area contributed by atoms with E-state index in [9.17, 15) is 9.18 Å². The van der Waals surface area contributed by atoms with E-state index >= 15 is 0 Å². The van der Waals surface area contributed by atoms with Crippen molar-refractivity contribution in [2.45, 2.75) is 17.5 Å². The van der Waals surface area contributed by atoms with Crippen molar-refractivity contribution >= 4 is 34.4 Å². The number of benzene rings is 2. The molecule has 0 spiro atoms. The average Bonchev–Trinajstić information content (AvgIpc) is 3.20. The number of amides is 1. The highest BCUT2D eigenvalue weighted by molar-refractivity contribution is 7.98. The molecule has 0 saturated heterocycles. The Balaban J connectivity index is 1.60. The van der Waals surface area contributed by atoms with Crippen molar-refractivity contribution in [2.24, 2.45) is 0 Å². The van der Waals surface area contributed by atoms with Crippen LogP contribution in [0.3, 0.4) is 0 Å². The van der Waals surface area contributed by atoms with Crippen LogP contribution in [0.4, 0.5) is 10.1 Å². The van der Waals surface area contributed by atoms with Crippen molar-refractivity contribution in [2.75, 3.05) is 26.6 Å². The number of nitrogens with zero attached hydrogens (tertiary/aromatic N) is 3. The maximum atomic E-state index is 14.1. The molecule has 34 heavy (non-hydrogen) atoms. The highest BCUT2D eigenvalue weighted by Gasteiger charge is 2.20. The quantitative estimate of drug-likeness (QED) is 0.351. The summed E-state index contributed by atoms with van der Waals surface area (Å²) in [5.74, 6) is 0.992. The molecule has 0 radical (unpaired) electrons. The van der Waals surface area contributed by atoms with E-state index in [4.69, 9.17) is 14.2 Å². The molecule has 10 heteroatoms. The number of ether oxygens (including phenoxy) is 3. The molecule has 176 valence electrons. The first-order chi connectivity index (χ1) is 16.5. The van der Waals surface area contributed by atoms with Crippen LogP contribution in [-0.4, -0.2) is 41.8 Å². The molecule has 4 aromatic rings. The van der Waals surface area contributed by atoms with E-state index in [1.807, 2.05) is 0 Å². The number of hydrogen-bond donors (Lipinski definition) is 1. The monoisotopic (exact) mass is 482 g/mol. The zero-order valence-electron chi connectivity index (χ0n) is 18.9. The molecular weight excluding hydrogens is 459 g/mol. The second kappa shape index (κ2) is 10.4. The number of carbonyl (C=O) groups is 1. The number of halogens is 1. The number of rotatable bonds is 9. The van der Waals surface area contributed by atoms with Gasteiger partial charge in [0.2, 0.25) is 11.7 Å². The van der Waals surface area contributed by atoms with Gasteiger partial charge in [-0.3, -0.25) is 9.78 Å². The Hall–Kier alpha value is -3.79. The van der Waals surface area contributed by atoms with Crippen molar-refractivity contribution in [3.8, 4) is 17.2 Å². The summed E-state index contributed by atoms with van der Waals surface area (Å²) in [5, 5.41) is 3.45. The Kier molecular flexibility index (Phi) is 7.17. The van der Waals surface area contributed by atoms with Gasteiger partial charge >= 0.3 is 0 Å². The molecule has 0 aliphatic carbocycles. The molecule has 0 fully saturated rings. The molecule has 8 nitrogen and oxygen atoms in total. The van der Waals surface area contributed by atoms with Crippen molar-refractivity contribution in [1.82, 2.24) is 14.5 Å². The summed E-state index contributed by atoms with van der Waals surface area (Å²) < 4.78 is 32.0. The number of carbonyl (C=O) groups excluding carboxylic acids is 1. The first-order valence-corrected chi connectivity index (χ1v) is 11.3. The van der Waals surface area contributed by atoms with Gasteiger partial charge in [-0.1, -0.05) is 30.0 Å². The Morgan fingerprint density at radius 1 is 1.06 bits per heavy atom. The molecule has 1 amide bonds. The number of thioether (sulfide) groups is 1. The summed E-state index contributed by atoms with van der Waals surface area (Å²) in [5.41, 5.74) is 2.40. The van der Waals surface area contributed by atoms with Gasteiger partial charge in [0.25, 0.3) is 0 Å². The van der Waals surface area contributed by atoms with Gasteiger partial charge in [-0.05, 0) is 29.8 Å². The van der Waals surface area contributed by atoms with Crippen LogP contribution in [0.1, 0.15) is 5.56 Å². The van der Waals surface area contributed by atoms with Crippen LogP contribution in [0.2, 0.25) is 0 Å². The minimum Gasteiger partial charge on any atom is -0.493 e. The molecule has 4 rings (SSSR count). The zero-order chi connectivity index (χ0) is 24.1. The minimum absolute atomic E-state index is 0.0285. The lowest BCUT2D eigenvalue weighted by atomic mass is 10.2. The van der Waals surface area contributed by atoms with Gasteiger partial charge in [0.1, 0.15) is 12.4 Å². The third-order valence-electron chi connectivity index (χ3n) is 5.11. The van der Waals surface area contributed by atoms with E-state index in [1.54, 1.807) is 53.4 Å². The standard InChI is InChI=1S/C24H23FN4O4S/c1-31-20-9-8-18(22(32-2)23(20)33-3)27-21(30)13-29-19-12-26-11-10-17(19)28-24(29)34-14-15-6-4-5-7-16(15)25/h4-12H,13-14H2,1-3H3,(H,27,30). The van der Waals surface area contributed by atoms with Crippen LogP contribution < -0.4 is 19.5 Å². The van der Waals surface area contributed by atoms with Gasteiger partial charge in [0, 0.05) is 11.9 Å². The summed E-state index contributed by atoms with van der Waals surface area (Å²) in [6, 6.07) is 11.7. The summed E-state index contributed by atoms with van der Waals surface area (Å²) in [6.07, 6.45) is 3.29. The smallest absolute Gasteiger partial charge is 0.244 e. The van der Waals surface area contributed by atoms with Gasteiger partial charge < -0.3 is 24.1 Å². The van der Waals surface area contributed by atoms with Gasteiger partial charge in [0.15, 0.2) is 16.7 Å². The predicted molar refractivity (Wildman–Crippen MR) is 128 cm³/mol. The molecule has 0 atom stereocenters. The van der Waals surface area contributed by atoms with Crippen molar-refractivity contribution in [3.63, 3.8) is 0 Å². The number of fused-ring (bicyclic) bond motifs is 1. The zero-order valence-corrected chi connectivity index (χ0v) is 19.7. The molecule has 1 N–H and O–H groups in total. The Morgan fingerprint density at radius 2 is 1.85 bits per heavy atom. The Bertz CT molecular complexity index is 1330. The highest BCUT2D eigenvalue weighted by atomic mass is 32.2. The van der Waals surface area contributed by atoms with Crippen LogP contribution in [0.25, 0.3) is 11.0 Å². The second-order valence-corrected chi connectivity index (χ2v) is 8.10. The maximum Gasteiger partial charge on any atom is 0.244 e. The number of aromatic nitrogens is 3. The fourth-order valence-electron chi connectivity index (χ4n) is 3.50. The number of methoxy groups -OCH3 is 3. The normalized spacial score (nSPS) is 10.8. The third kappa shape index (κ3) is 4.76. The number of nitrogens with one attached hydrogen (secondary N) is 1. The van der Waals surface area contributed by atoms with Gasteiger partial charge in [-0.2, -0.15) is 0 Å². The highest BCUT2D eigenvalue weighted by Crippen LogP contribution is 2.42. The minimum atomic E-state index is -0.304. The van der Waals surface area contributed by atoms with E-state index in [0.29, 0.717) is 50.4 Å². The Morgan fingerprint density at radius 3 is 2.59 bits per heavy atom. The molecular formula is C24H23FN4O4S. The van der Waals surface area contributed by atoms with Gasteiger partial charge in [-0.25, -0.2) is 9.37 Å². The lowest BCUT2D eigenvalue weighted by Crippen LogP contribution is -2.20. The number of pyridine rings is 1. The molecule has 2 aromatic carbocycles. The van der Waals surface area contributed by atoms with Crippen LogP contribution >= 0.6 is 11.8 Å². The van der Waals surface area contributed by atoms with Crippen LogP contribution in [0.15, 0.2) is 60.0 Å². The van der Waals surface area contributed by atoms with E-state index in [2.05, 4.69) is 15.3 Å². The molecule has 0 bridgehead atoms. The Labute approximate surface area is 200 Å². The molecule has 0 saturated carbocycles. The van der Waals surface area contributed by atoms with Crippen LogP contribution in [-0.2, 0) is 17.1 Å². The lowest BCUT2D eigenvalue weighted by Gasteiger charge is -2.16. The summed E-state index contributed by atoms with van der Waals surface area (Å²) in [6.45, 7) is -0.0285. The van der Waals surface area contributed by atoms with Crippen molar-refractivity contribution in [1.29, 1.82) is 0 Å². The summed E-state index contributed by atoms with van der Waals surface area (Å²) in [4.78, 5) is 21.8. The molecule has 2 aromatic heterocycles. The van der Waals surface area contributed by atoms with E-state index < -0.39 is 0 Å². The maximum absolute atomic E-state index is 14.1. The lowest BCUT2D eigenvalue weighted by molar-refractivity contribution is -0.116. The molecule has 0 aliphatic heterocycles. The topological polar surface area (TPSA) is 87.5 Å². The molecule has 2 heterocycles. The molecule has 0 unspecified atom stereocenters. The summed E-state index contributed by atoms with van der Waals surface area (Å²) >= 11 is 1.35. The average molecular weight is 483 g/mol. The van der Waals surface area contributed by atoms with Gasteiger partial charge in [0.05, 0.1) is 44.2 Å². The third-order valence-corrected chi connectivity index (χ3v) is 6.14. The predicted octanol–water partition coefficient (Wildman–Crippen LogP) is 4.53. The van der Waals surface area contributed by atoms with Crippen molar-refractivity contribution in [3.05, 3.63) is 66.2 Å². The first kappa shape index (κ1) is 23.4. The van der Waals surface area contributed by atoms with E-state index in [0.717, 1.165) is 0 Å². The van der Waals surface area contributed by atoms with Crippen molar-refractivity contribution < 1.29 is 23.4 Å². The largest absolute Gasteiger partial charge is 0.493 e. The molecule has 0 aliphatic rings. The first-order valence-electron chi connectivity index (χ1n) is 10.3. The second-order valence-electron chi connectivity index (χ2n) is 7.16. The SMILES string of the molecule is COc1ccc(NC(=O)Cn2c(SCc3ccccc3F)nc3ccncc32)c(OC)c1OC. The number of hydrogen-bond acceptors (Lipinski definition) is 7. The fourth-order valence-corrected chi connectivity index (χ4v) is 4.50. The van der Waals surface area contributed by atoms with E-state index in [1.165, 1.54) is 39.2 Å². The fraction of sp³-hybridized carbons (Fsp3) is 0.208. The van der Waals surface area contributed by atoms with Crippen LogP contribution in [0, 0.1) is 5.82 Å². The number of imidazole rings is 1. The number of anilines is 1. The van der Waals surface area contributed by atoms with Gasteiger partial charge in [-0.15, -0.1) is 0 Å². The van der Waals surface area contributed by atoms with Crippen LogP contribution in [0.5, 0.6) is 17.2 Å². The summed E-state index contributed by atoms with van der Waals surface area (Å²) in [7, 11) is 4.50.